The normalized spacial score (nSPS) is 17.5. The van der Waals surface area contributed by atoms with Crippen LogP contribution in [0.1, 0.15) is 6.42 Å². The number of rotatable bonds is 3. The summed E-state index contributed by atoms with van der Waals surface area (Å²) in [6.07, 6.45) is -0.836. The Kier molecular flexibility index (Phi) is 4.36. The molecule has 15 heavy (non-hydrogen) atoms. The number of likely N-dealkylation sites (N-methyl/N-ethyl adjacent to an activating group) is 1. The molecule has 0 aromatic heterocycles. The molecule has 0 saturated carbocycles. The molecule has 0 aromatic rings. The summed E-state index contributed by atoms with van der Waals surface area (Å²) in [5.74, 6) is 0.0249. The minimum absolute atomic E-state index is 0.0249. The number of carbonyl (C=O) groups excluding carboxylic acids is 1. The van der Waals surface area contributed by atoms with E-state index < -0.39 is 6.09 Å². The molecule has 0 aliphatic carbocycles. The highest BCUT2D eigenvalue weighted by molar-refractivity contribution is 5.77. The molecule has 0 radical (unpaired) electrons. The second-order valence-electron chi connectivity index (χ2n) is 3.67. The molecule has 1 rings (SSSR count). The summed E-state index contributed by atoms with van der Waals surface area (Å²) >= 11 is 0. The van der Waals surface area contributed by atoms with Crippen LogP contribution in [-0.2, 0) is 4.79 Å². The van der Waals surface area contributed by atoms with Crippen LogP contribution < -0.4 is 5.32 Å². The van der Waals surface area contributed by atoms with Gasteiger partial charge < -0.3 is 20.2 Å². The minimum Gasteiger partial charge on any atom is -0.465 e. The van der Waals surface area contributed by atoms with Crippen LogP contribution in [0.15, 0.2) is 0 Å². The minimum atomic E-state index is -1.08. The van der Waals surface area contributed by atoms with Crippen molar-refractivity contribution in [2.24, 2.45) is 0 Å². The highest BCUT2D eigenvalue weighted by Crippen LogP contribution is 2.01. The van der Waals surface area contributed by atoms with Gasteiger partial charge in [-0.3, -0.25) is 4.79 Å². The topological polar surface area (TPSA) is 72.9 Å². The fraction of sp³-hybridized carbons (Fsp3) is 0.778. The molecule has 86 valence electrons. The molecule has 1 heterocycles. The molecule has 0 atom stereocenters. The Morgan fingerprint density at radius 1 is 1.27 bits per heavy atom. The van der Waals surface area contributed by atoms with Crippen LogP contribution in [0.25, 0.3) is 0 Å². The Morgan fingerprint density at radius 2 is 1.87 bits per heavy atom. The first-order valence-electron chi connectivity index (χ1n) is 5.02. The smallest absolute Gasteiger partial charge is 0.404 e. The van der Waals surface area contributed by atoms with Crippen LogP contribution in [0.5, 0.6) is 0 Å². The van der Waals surface area contributed by atoms with Gasteiger partial charge >= 0.3 is 6.09 Å². The third-order valence-electron chi connectivity index (χ3n) is 2.47. The van der Waals surface area contributed by atoms with Crippen LogP contribution >= 0.6 is 0 Å². The van der Waals surface area contributed by atoms with E-state index in [1.54, 1.807) is 4.90 Å². The van der Waals surface area contributed by atoms with Crippen molar-refractivity contribution in [1.82, 2.24) is 15.1 Å². The number of nitrogens with one attached hydrogen (secondary N) is 1. The van der Waals surface area contributed by atoms with Crippen molar-refractivity contribution in [3.05, 3.63) is 0 Å². The van der Waals surface area contributed by atoms with Crippen LogP contribution in [-0.4, -0.2) is 66.7 Å². The Hall–Kier alpha value is -1.30. The average molecular weight is 215 g/mol. The van der Waals surface area contributed by atoms with Crippen LogP contribution in [0.2, 0.25) is 0 Å². The SMILES string of the molecule is CN1CCN(C(=O)CCNC(=O)O)CC1. The quantitative estimate of drug-likeness (QED) is 0.660. The fourth-order valence-electron chi connectivity index (χ4n) is 1.49. The summed E-state index contributed by atoms with van der Waals surface area (Å²) in [5.41, 5.74) is 0. The molecule has 1 saturated heterocycles. The molecule has 2 amide bonds. The van der Waals surface area contributed by atoms with Crippen molar-refractivity contribution in [3.8, 4) is 0 Å². The van der Waals surface area contributed by atoms with E-state index in [2.05, 4.69) is 10.2 Å². The molecule has 6 nitrogen and oxygen atoms in total. The van der Waals surface area contributed by atoms with Gasteiger partial charge in [-0.15, -0.1) is 0 Å². The number of hydrogen-bond acceptors (Lipinski definition) is 3. The molecule has 0 aromatic carbocycles. The summed E-state index contributed by atoms with van der Waals surface area (Å²) in [5, 5.41) is 10.5. The number of hydrogen-bond donors (Lipinski definition) is 2. The number of amides is 2. The Balaban J connectivity index is 2.19. The van der Waals surface area contributed by atoms with E-state index in [0.29, 0.717) is 0 Å². The molecule has 0 spiro atoms. The van der Waals surface area contributed by atoms with E-state index in [1.807, 2.05) is 7.05 Å². The Labute approximate surface area is 88.8 Å². The van der Waals surface area contributed by atoms with Gasteiger partial charge in [0.25, 0.3) is 0 Å². The summed E-state index contributed by atoms with van der Waals surface area (Å²) in [6.45, 7) is 3.45. The maximum absolute atomic E-state index is 11.6. The lowest BCUT2D eigenvalue weighted by Crippen LogP contribution is -2.47. The summed E-state index contributed by atoms with van der Waals surface area (Å²) < 4.78 is 0. The highest BCUT2D eigenvalue weighted by atomic mass is 16.4. The van der Waals surface area contributed by atoms with Gasteiger partial charge in [-0.25, -0.2) is 4.79 Å². The first-order valence-corrected chi connectivity index (χ1v) is 5.02. The number of carboxylic acid groups (broad SMARTS) is 1. The summed E-state index contributed by atoms with van der Waals surface area (Å²) in [4.78, 5) is 25.7. The van der Waals surface area contributed by atoms with Crippen LogP contribution in [0.4, 0.5) is 4.79 Å². The second-order valence-corrected chi connectivity index (χ2v) is 3.67. The molecular weight excluding hydrogens is 198 g/mol. The van der Waals surface area contributed by atoms with Gasteiger partial charge in [0.2, 0.25) is 5.91 Å². The molecule has 2 N–H and O–H groups in total. The predicted molar refractivity (Wildman–Crippen MR) is 54.7 cm³/mol. The first kappa shape index (κ1) is 11.8. The van der Waals surface area contributed by atoms with Crippen molar-refractivity contribution in [2.45, 2.75) is 6.42 Å². The molecule has 1 aliphatic heterocycles. The van der Waals surface area contributed by atoms with Gasteiger partial charge in [0.15, 0.2) is 0 Å². The standard InChI is InChI=1S/C9H17N3O3/c1-11-4-6-12(7-5-11)8(13)2-3-10-9(14)15/h10H,2-7H2,1H3,(H,14,15). The molecule has 0 bridgehead atoms. The summed E-state index contributed by atoms with van der Waals surface area (Å²) in [7, 11) is 2.02. The lowest BCUT2D eigenvalue weighted by Gasteiger charge is -2.32. The highest BCUT2D eigenvalue weighted by Gasteiger charge is 2.18. The Morgan fingerprint density at radius 3 is 2.40 bits per heavy atom. The lowest BCUT2D eigenvalue weighted by atomic mass is 10.3. The molecule has 1 fully saturated rings. The van der Waals surface area contributed by atoms with Crippen molar-refractivity contribution in [3.63, 3.8) is 0 Å². The largest absolute Gasteiger partial charge is 0.465 e. The van der Waals surface area contributed by atoms with Crippen molar-refractivity contribution < 1.29 is 14.7 Å². The Bertz CT molecular complexity index is 237. The predicted octanol–water partition coefficient (Wildman–Crippen LogP) is -0.582. The van der Waals surface area contributed by atoms with E-state index in [-0.39, 0.29) is 18.9 Å². The van der Waals surface area contributed by atoms with E-state index >= 15 is 0 Å². The van der Waals surface area contributed by atoms with Crippen LogP contribution in [0.3, 0.4) is 0 Å². The van der Waals surface area contributed by atoms with E-state index in [1.165, 1.54) is 0 Å². The maximum Gasteiger partial charge on any atom is 0.404 e. The van der Waals surface area contributed by atoms with Crippen molar-refractivity contribution >= 4 is 12.0 Å². The zero-order valence-corrected chi connectivity index (χ0v) is 8.90. The maximum atomic E-state index is 11.6. The third-order valence-corrected chi connectivity index (χ3v) is 2.47. The molecule has 6 heteroatoms. The fourth-order valence-corrected chi connectivity index (χ4v) is 1.49. The van der Waals surface area contributed by atoms with Gasteiger partial charge in [0.05, 0.1) is 0 Å². The van der Waals surface area contributed by atoms with Gasteiger partial charge in [-0.2, -0.15) is 0 Å². The molecular formula is C9H17N3O3. The van der Waals surface area contributed by atoms with E-state index in [4.69, 9.17) is 5.11 Å². The average Bonchev–Trinajstić information content (AvgIpc) is 2.18. The first-order chi connectivity index (χ1) is 7.09. The molecule has 0 unspecified atom stereocenters. The number of nitrogens with zero attached hydrogens (tertiary/aromatic N) is 2. The second kappa shape index (κ2) is 5.55. The van der Waals surface area contributed by atoms with E-state index in [9.17, 15) is 9.59 Å². The van der Waals surface area contributed by atoms with E-state index in [0.717, 1.165) is 26.2 Å². The zero-order chi connectivity index (χ0) is 11.3. The number of carbonyl (C=O) groups is 2. The van der Waals surface area contributed by atoms with Gasteiger partial charge in [0, 0.05) is 39.1 Å². The zero-order valence-electron chi connectivity index (χ0n) is 8.90. The third kappa shape index (κ3) is 4.16. The van der Waals surface area contributed by atoms with Gasteiger partial charge in [0.1, 0.15) is 0 Å². The van der Waals surface area contributed by atoms with Crippen LogP contribution in [0, 0.1) is 0 Å². The van der Waals surface area contributed by atoms with Crippen molar-refractivity contribution in [1.29, 1.82) is 0 Å². The van der Waals surface area contributed by atoms with Gasteiger partial charge in [-0.1, -0.05) is 0 Å². The number of piperazine rings is 1. The van der Waals surface area contributed by atoms with Gasteiger partial charge in [-0.05, 0) is 7.05 Å². The molecule has 1 aliphatic rings. The summed E-state index contributed by atoms with van der Waals surface area (Å²) in [6, 6.07) is 0. The van der Waals surface area contributed by atoms with Crippen molar-refractivity contribution in [2.75, 3.05) is 39.8 Å². The monoisotopic (exact) mass is 215 g/mol. The lowest BCUT2D eigenvalue weighted by molar-refractivity contribution is -0.132.